The fourth-order valence-corrected chi connectivity index (χ4v) is 3.49. The van der Waals surface area contributed by atoms with Crippen molar-refractivity contribution in [3.05, 3.63) is 54.6 Å². The van der Waals surface area contributed by atoms with Crippen LogP contribution in [-0.4, -0.2) is 37.2 Å². The number of benzene rings is 2. The fraction of sp³-hybridized carbons (Fsp3) is 0.304. The molecule has 0 aliphatic carbocycles. The highest BCUT2D eigenvalue weighted by atomic mass is 16.5. The van der Waals surface area contributed by atoms with Gasteiger partial charge in [-0.25, -0.2) is 4.98 Å². The predicted octanol–water partition coefficient (Wildman–Crippen LogP) is 4.25. The standard InChI is InChI=1S/C23H25N3O3/c1-2-28-19-11-9-18(10-12-19)24-22(27)16-29-20-7-5-6-17-8-13-21(25-23(17)20)26-14-3-4-15-26/h5-13H,2-4,14-16H2,1H3,(H,24,27). The number of pyridine rings is 1. The number of carbonyl (C=O) groups is 1. The van der Waals surface area contributed by atoms with Crippen LogP contribution in [0.3, 0.4) is 0 Å². The van der Waals surface area contributed by atoms with E-state index < -0.39 is 0 Å². The lowest BCUT2D eigenvalue weighted by atomic mass is 10.2. The largest absolute Gasteiger partial charge is 0.494 e. The Bertz CT molecular complexity index is 982. The minimum atomic E-state index is -0.220. The van der Waals surface area contributed by atoms with E-state index in [9.17, 15) is 4.79 Å². The lowest BCUT2D eigenvalue weighted by molar-refractivity contribution is -0.118. The third-order valence-electron chi connectivity index (χ3n) is 4.91. The van der Waals surface area contributed by atoms with Crippen LogP contribution in [0, 0.1) is 0 Å². The molecule has 1 N–H and O–H groups in total. The number of ether oxygens (including phenoxy) is 2. The van der Waals surface area contributed by atoms with Crippen LogP contribution in [0.5, 0.6) is 11.5 Å². The molecule has 0 bridgehead atoms. The number of hydrogen-bond donors (Lipinski definition) is 1. The first-order valence-electron chi connectivity index (χ1n) is 10.0. The predicted molar refractivity (Wildman–Crippen MR) is 115 cm³/mol. The highest BCUT2D eigenvalue weighted by Crippen LogP contribution is 2.28. The summed E-state index contributed by atoms with van der Waals surface area (Å²) in [5, 5.41) is 3.84. The molecule has 0 saturated carbocycles. The Labute approximate surface area is 170 Å². The second-order valence-electron chi connectivity index (χ2n) is 6.99. The molecule has 1 aliphatic rings. The van der Waals surface area contributed by atoms with Crippen LogP contribution in [-0.2, 0) is 4.79 Å². The summed E-state index contributed by atoms with van der Waals surface area (Å²) in [6, 6.07) is 17.2. The van der Waals surface area contributed by atoms with Gasteiger partial charge in [0.15, 0.2) is 6.61 Å². The van der Waals surface area contributed by atoms with Crippen LogP contribution in [0.4, 0.5) is 11.5 Å². The number of fused-ring (bicyclic) bond motifs is 1. The van der Waals surface area contributed by atoms with Gasteiger partial charge in [-0.1, -0.05) is 12.1 Å². The smallest absolute Gasteiger partial charge is 0.262 e. The summed E-state index contributed by atoms with van der Waals surface area (Å²) >= 11 is 0. The van der Waals surface area contributed by atoms with Gasteiger partial charge >= 0.3 is 0 Å². The summed E-state index contributed by atoms with van der Waals surface area (Å²) in [5.74, 6) is 2.13. The van der Waals surface area contributed by atoms with Gasteiger partial charge in [0.05, 0.1) is 6.61 Å². The molecule has 150 valence electrons. The maximum Gasteiger partial charge on any atom is 0.262 e. The molecule has 6 nitrogen and oxygen atoms in total. The van der Waals surface area contributed by atoms with Crippen LogP contribution in [0.1, 0.15) is 19.8 Å². The number of para-hydroxylation sites is 1. The minimum absolute atomic E-state index is 0.0814. The Morgan fingerprint density at radius 1 is 1.03 bits per heavy atom. The molecule has 0 atom stereocenters. The van der Waals surface area contributed by atoms with Gasteiger partial charge in [0.2, 0.25) is 0 Å². The molecular formula is C23H25N3O3. The van der Waals surface area contributed by atoms with Gasteiger partial charge in [-0.2, -0.15) is 0 Å². The Kier molecular flexibility index (Phi) is 5.79. The monoisotopic (exact) mass is 391 g/mol. The molecule has 0 unspecified atom stereocenters. The maximum absolute atomic E-state index is 12.3. The Balaban J connectivity index is 1.43. The first-order chi connectivity index (χ1) is 14.2. The van der Waals surface area contributed by atoms with Crippen molar-refractivity contribution >= 4 is 28.3 Å². The van der Waals surface area contributed by atoms with Gasteiger partial charge < -0.3 is 19.7 Å². The van der Waals surface area contributed by atoms with Crippen LogP contribution in [0.2, 0.25) is 0 Å². The van der Waals surface area contributed by atoms with E-state index >= 15 is 0 Å². The fourth-order valence-electron chi connectivity index (χ4n) is 3.49. The lowest BCUT2D eigenvalue weighted by Gasteiger charge is -2.17. The summed E-state index contributed by atoms with van der Waals surface area (Å²) in [7, 11) is 0. The zero-order valence-electron chi connectivity index (χ0n) is 16.6. The maximum atomic E-state index is 12.3. The molecule has 1 aromatic heterocycles. The normalized spacial score (nSPS) is 13.5. The molecule has 0 spiro atoms. The number of rotatable bonds is 7. The Morgan fingerprint density at radius 2 is 1.83 bits per heavy atom. The van der Waals surface area contributed by atoms with Crippen molar-refractivity contribution in [2.45, 2.75) is 19.8 Å². The van der Waals surface area contributed by atoms with E-state index in [0.717, 1.165) is 35.6 Å². The van der Waals surface area contributed by atoms with Gasteiger partial charge in [-0.15, -0.1) is 0 Å². The molecule has 3 aromatic rings. The van der Waals surface area contributed by atoms with Gasteiger partial charge in [0.25, 0.3) is 5.91 Å². The number of hydrogen-bond acceptors (Lipinski definition) is 5. The topological polar surface area (TPSA) is 63.7 Å². The molecule has 0 radical (unpaired) electrons. The average molecular weight is 391 g/mol. The van der Waals surface area contributed by atoms with Crippen LogP contribution in [0.15, 0.2) is 54.6 Å². The summed E-state index contributed by atoms with van der Waals surface area (Å²) in [6.07, 6.45) is 2.40. The van der Waals surface area contributed by atoms with Crippen molar-refractivity contribution in [2.75, 3.05) is 36.5 Å². The zero-order chi connectivity index (χ0) is 20.1. The quantitative estimate of drug-likeness (QED) is 0.652. The van der Waals surface area contributed by atoms with Crippen LogP contribution >= 0.6 is 0 Å². The van der Waals surface area contributed by atoms with E-state index in [1.807, 2.05) is 49.4 Å². The molecule has 29 heavy (non-hydrogen) atoms. The molecule has 4 rings (SSSR count). The molecule has 1 amide bonds. The zero-order valence-corrected chi connectivity index (χ0v) is 16.6. The van der Waals surface area contributed by atoms with E-state index in [-0.39, 0.29) is 12.5 Å². The van der Waals surface area contributed by atoms with Crippen molar-refractivity contribution in [2.24, 2.45) is 0 Å². The molecule has 6 heteroatoms. The molecule has 2 aromatic carbocycles. The van der Waals surface area contributed by atoms with Crippen LogP contribution in [0.25, 0.3) is 10.9 Å². The summed E-state index contributed by atoms with van der Waals surface area (Å²) < 4.78 is 11.2. The van der Waals surface area contributed by atoms with Crippen molar-refractivity contribution in [1.29, 1.82) is 0 Å². The number of nitrogens with one attached hydrogen (secondary N) is 1. The number of anilines is 2. The van der Waals surface area contributed by atoms with Crippen molar-refractivity contribution in [1.82, 2.24) is 4.98 Å². The summed E-state index contributed by atoms with van der Waals surface area (Å²) in [5.41, 5.74) is 1.49. The molecule has 1 fully saturated rings. The van der Waals surface area contributed by atoms with E-state index in [1.165, 1.54) is 12.8 Å². The first-order valence-corrected chi connectivity index (χ1v) is 10.0. The molecular weight excluding hydrogens is 366 g/mol. The molecule has 2 heterocycles. The van der Waals surface area contributed by atoms with E-state index in [2.05, 4.69) is 22.3 Å². The third-order valence-corrected chi connectivity index (χ3v) is 4.91. The third kappa shape index (κ3) is 4.59. The van der Waals surface area contributed by atoms with Crippen molar-refractivity contribution in [3.8, 4) is 11.5 Å². The van der Waals surface area contributed by atoms with Crippen LogP contribution < -0.4 is 19.7 Å². The van der Waals surface area contributed by atoms with Gasteiger partial charge in [-0.05, 0) is 62.2 Å². The summed E-state index contributed by atoms with van der Waals surface area (Å²) in [4.78, 5) is 19.4. The second kappa shape index (κ2) is 8.82. The number of carbonyl (C=O) groups excluding carboxylic acids is 1. The lowest BCUT2D eigenvalue weighted by Crippen LogP contribution is -2.20. The minimum Gasteiger partial charge on any atom is -0.494 e. The van der Waals surface area contributed by atoms with Gasteiger partial charge in [0.1, 0.15) is 22.8 Å². The average Bonchev–Trinajstić information content (AvgIpc) is 3.28. The summed E-state index contributed by atoms with van der Waals surface area (Å²) in [6.45, 7) is 4.53. The molecule has 1 saturated heterocycles. The molecule has 1 aliphatic heterocycles. The highest BCUT2D eigenvalue weighted by molar-refractivity contribution is 5.92. The first kappa shape index (κ1) is 19.1. The van der Waals surface area contributed by atoms with Crippen molar-refractivity contribution < 1.29 is 14.3 Å². The number of amides is 1. The highest BCUT2D eigenvalue weighted by Gasteiger charge is 2.15. The van der Waals surface area contributed by atoms with Crippen molar-refractivity contribution in [3.63, 3.8) is 0 Å². The van der Waals surface area contributed by atoms with Gasteiger partial charge in [0, 0.05) is 24.2 Å². The number of nitrogens with zero attached hydrogens (tertiary/aromatic N) is 2. The Hall–Kier alpha value is -3.28. The number of aromatic nitrogens is 1. The van der Waals surface area contributed by atoms with Gasteiger partial charge in [-0.3, -0.25) is 4.79 Å². The SMILES string of the molecule is CCOc1ccc(NC(=O)COc2cccc3ccc(N4CCCC4)nc23)cc1. The van der Waals surface area contributed by atoms with E-state index in [1.54, 1.807) is 0 Å². The Morgan fingerprint density at radius 3 is 2.59 bits per heavy atom. The van der Waals surface area contributed by atoms with E-state index in [0.29, 0.717) is 18.0 Å². The second-order valence-corrected chi connectivity index (χ2v) is 6.99. The van der Waals surface area contributed by atoms with E-state index in [4.69, 9.17) is 14.5 Å².